The van der Waals surface area contributed by atoms with Crippen molar-refractivity contribution in [2.45, 2.75) is 18.0 Å². The van der Waals surface area contributed by atoms with Gasteiger partial charge in [0.25, 0.3) is 5.91 Å². The first-order chi connectivity index (χ1) is 12.6. The predicted molar refractivity (Wildman–Crippen MR) is 105 cm³/mol. The van der Waals surface area contributed by atoms with Crippen molar-refractivity contribution in [2.75, 3.05) is 17.3 Å². The van der Waals surface area contributed by atoms with E-state index in [1.54, 1.807) is 19.2 Å². The molecule has 2 aliphatic rings. The van der Waals surface area contributed by atoms with Gasteiger partial charge in [0.2, 0.25) is 6.41 Å². The Morgan fingerprint density at radius 3 is 2.77 bits per heavy atom. The summed E-state index contributed by atoms with van der Waals surface area (Å²) in [5.41, 5.74) is 2.00. The number of β-lactam (4-membered cyclic amide) rings is 1. The summed E-state index contributed by atoms with van der Waals surface area (Å²) in [6.07, 6.45) is 0.514. The molecule has 1 aromatic rings. The van der Waals surface area contributed by atoms with E-state index in [-0.39, 0.29) is 17.9 Å². The highest BCUT2D eigenvalue weighted by Gasteiger charge is 2.53. The van der Waals surface area contributed by atoms with E-state index in [1.165, 1.54) is 16.7 Å². The minimum atomic E-state index is -0.586. The van der Waals surface area contributed by atoms with Crippen LogP contribution in [0.25, 0.3) is 0 Å². The van der Waals surface area contributed by atoms with Crippen LogP contribution in [0.1, 0.15) is 5.56 Å². The maximum Gasteiger partial charge on any atom is 0.355 e. The van der Waals surface area contributed by atoms with Gasteiger partial charge in [0, 0.05) is 10.2 Å². The van der Waals surface area contributed by atoms with E-state index in [0.717, 1.165) is 16.9 Å². The van der Waals surface area contributed by atoms with Crippen LogP contribution in [-0.2, 0) is 25.7 Å². The largest absolute Gasteiger partial charge is 0.497 e. The van der Waals surface area contributed by atoms with Crippen LogP contribution in [0.3, 0.4) is 0 Å². The monoisotopic (exact) mass is 488 g/mol. The first kappa shape index (κ1) is 19.0. The molecule has 0 bridgehead atoms. The second-order valence-corrected chi connectivity index (χ2v) is 7.55. The second kappa shape index (κ2) is 8.30. The van der Waals surface area contributed by atoms with Crippen LogP contribution in [0.15, 0.2) is 35.5 Å². The zero-order valence-corrected chi connectivity index (χ0v) is 16.9. The molecule has 1 unspecified atom stereocenters. The molecule has 138 valence electrons. The summed E-state index contributed by atoms with van der Waals surface area (Å²) in [5.74, 6) is 0.548. The molecule has 2 heterocycles. The van der Waals surface area contributed by atoms with Gasteiger partial charge >= 0.3 is 5.97 Å². The Labute approximate surface area is 168 Å². The van der Waals surface area contributed by atoms with Crippen LogP contribution >= 0.6 is 34.4 Å². The highest BCUT2D eigenvalue weighted by molar-refractivity contribution is 14.1. The number of nitrogens with one attached hydrogen (secondary N) is 1. The smallest absolute Gasteiger partial charge is 0.355 e. The van der Waals surface area contributed by atoms with Gasteiger partial charge in [0.1, 0.15) is 29.5 Å². The molecule has 26 heavy (non-hydrogen) atoms. The van der Waals surface area contributed by atoms with Crippen molar-refractivity contribution in [1.29, 1.82) is 0 Å². The number of halogens is 1. The van der Waals surface area contributed by atoms with Gasteiger partial charge in [-0.15, -0.1) is 11.8 Å². The topological polar surface area (TPSA) is 84.9 Å². The second-order valence-electron chi connectivity index (χ2n) is 5.68. The summed E-state index contributed by atoms with van der Waals surface area (Å²) >= 11 is 3.71. The summed E-state index contributed by atoms with van der Waals surface area (Å²) in [5, 5.41) is 2.25. The third kappa shape index (κ3) is 3.54. The normalized spacial score (nSPS) is 21.6. The average Bonchev–Trinajstić information content (AvgIpc) is 2.69. The Morgan fingerprint density at radius 1 is 1.42 bits per heavy atom. The Morgan fingerprint density at radius 2 is 2.15 bits per heavy atom. The van der Waals surface area contributed by atoms with Crippen molar-refractivity contribution in [3.63, 3.8) is 0 Å². The van der Waals surface area contributed by atoms with E-state index in [2.05, 4.69) is 27.9 Å². The summed E-state index contributed by atoms with van der Waals surface area (Å²) in [7, 11) is 1.58. The molecule has 1 fully saturated rings. The number of rotatable bonds is 7. The molecular weight excluding hydrogens is 471 g/mol. The van der Waals surface area contributed by atoms with Crippen LogP contribution < -0.4 is 10.1 Å². The van der Waals surface area contributed by atoms with Crippen LogP contribution in [0.4, 0.5) is 0 Å². The van der Waals surface area contributed by atoms with Crippen molar-refractivity contribution in [1.82, 2.24) is 10.2 Å². The van der Waals surface area contributed by atoms with Crippen molar-refractivity contribution < 1.29 is 23.9 Å². The van der Waals surface area contributed by atoms with Crippen molar-refractivity contribution >= 4 is 52.6 Å². The van der Waals surface area contributed by atoms with E-state index < -0.39 is 12.0 Å². The van der Waals surface area contributed by atoms with Gasteiger partial charge in [-0.3, -0.25) is 14.5 Å². The van der Waals surface area contributed by atoms with Gasteiger partial charge in [-0.2, -0.15) is 0 Å². The lowest BCUT2D eigenvalue weighted by molar-refractivity contribution is -0.152. The number of methoxy groups -OCH3 is 1. The molecular formula is C17H17IN2O5S. The average molecular weight is 488 g/mol. The number of hydrogen-bond acceptors (Lipinski definition) is 6. The molecule has 1 saturated heterocycles. The zero-order chi connectivity index (χ0) is 18.7. The van der Waals surface area contributed by atoms with Gasteiger partial charge < -0.3 is 14.8 Å². The first-order valence-corrected chi connectivity index (χ1v) is 10.4. The third-order valence-electron chi connectivity index (χ3n) is 4.18. The predicted octanol–water partition coefficient (Wildman–Crippen LogP) is 1.46. The number of carbonyl (C=O) groups excluding carboxylic acids is 3. The molecule has 9 heteroatoms. The van der Waals surface area contributed by atoms with E-state index in [4.69, 9.17) is 9.47 Å². The van der Waals surface area contributed by atoms with Gasteiger partial charge in [0.05, 0.1) is 7.11 Å². The van der Waals surface area contributed by atoms with Crippen molar-refractivity contribution in [2.24, 2.45) is 0 Å². The molecule has 3 rings (SSSR count). The summed E-state index contributed by atoms with van der Waals surface area (Å²) < 4.78 is 11.2. The van der Waals surface area contributed by atoms with E-state index >= 15 is 0 Å². The molecule has 2 amide bonds. The highest BCUT2D eigenvalue weighted by atomic mass is 127. The lowest BCUT2D eigenvalue weighted by Crippen LogP contribution is -2.69. The zero-order valence-electron chi connectivity index (χ0n) is 13.9. The fraction of sp³-hybridized carbons (Fsp3) is 0.353. The molecule has 0 radical (unpaired) electrons. The highest BCUT2D eigenvalue weighted by Crippen LogP contribution is 2.41. The minimum absolute atomic E-state index is 0.108. The Hall–Kier alpha value is -1.75. The first-order valence-electron chi connectivity index (χ1n) is 7.83. The van der Waals surface area contributed by atoms with Crippen LogP contribution in [0, 0.1) is 0 Å². The van der Waals surface area contributed by atoms with E-state index in [0.29, 0.717) is 22.3 Å². The third-order valence-corrected chi connectivity index (χ3v) is 6.44. The summed E-state index contributed by atoms with van der Waals surface area (Å²) in [6.45, 7) is 0.108. The Kier molecular flexibility index (Phi) is 6.07. The van der Waals surface area contributed by atoms with Gasteiger partial charge in [0.15, 0.2) is 0 Å². The molecule has 7 nitrogen and oxygen atoms in total. The Bertz CT molecular complexity index is 752. The summed E-state index contributed by atoms with van der Waals surface area (Å²) in [4.78, 5) is 37.1. The van der Waals surface area contributed by atoms with E-state index in [1.807, 2.05) is 12.1 Å². The van der Waals surface area contributed by atoms with Crippen molar-refractivity contribution in [3.8, 4) is 5.75 Å². The lowest BCUT2D eigenvalue weighted by atomic mass is 10.0. The van der Waals surface area contributed by atoms with Crippen LogP contribution in [0.2, 0.25) is 0 Å². The molecule has 0 saturated carbocycles. The molecule has 0 aliphatic carbocycles. The SMILES string of the molecule is COc1ccc(COC(=O)C2=C(CI)CS[C@@H]3C(NC=O)C(=O)N23)cc1. The maximum atomic E-state index is 12.7. The molecule has 1 N–H and O–H groups in total. The number of thioether (sulfide) groups is 1. The number of amides is 2. The fourth-order valence-corrected chi connectivity index (χ4v) is 5.16. The number of carbonyl (C=O) groups is 3. The number of benzene rings is 1. The van der Waals surface area contributed by atoms with Gasteiger partial charge in [-0.05, 0) is 23.3 Å². The van der Waals surface area contributed by atoms with Gasteiger partial charge in [-0.1, -0.05) is 34.7 Å². The number of ether oxygens (including phenoxy) is 2. The molecule has 0 spiro atoms. The number of esters is 1. The number of fused-ring (bicyclic) bond motifs is 1. The number of alkyl halides is 1. The van der Waals surface area contributed by atoms with Gasteiger partial charge in [-0.25, -0.2) is 4.79 Å². The summed E-state index contributed by atoms with van der Waals surface area (Å²) in [6, 6.07) is 6.63. The number of hydrogen-bond donors (Lipinski definition) is 1. The standard InChI is InChI=1S/C17H17IN2O5S/c1-24-12-4-2-10(3-5-12)7-25-17(23)14-11(6-18)8-26-16-13(19-9-21)15(22)20(14)16/h2-5,9,13,16H,6-8H2,1H3,(H,19,21)/t13?,16-/m1/s1. The minimum Gasteiger partial charge on any atom is -0.497 e. The van der Waals surface area contributed by atoms with Crippen LogP contribution in [-0.4, -0.2) is 51.9 Å². The lowest BCUT2D eigenvalue weighted by Gasteiger charge is -2.49. The maximum absolute atomic E-state index is 12.7. The molecule has 0 aromatic heterocycles. The molecule has 1 aromatic carbocycles. The van der Waals surface area contributed by atoms with E-state index in [9.17, 15) is 14.4 Å². The Balaban J connectivity index is 1.72. The fourth-order valence-electron chi connectivity index (χ4n) is 2.81. The molecule has 2 aliphatic heterocycles. The van der Waals surface area contributed by atoms with Crippen molar-refractivity contribution in [3.05, 3.63) is 41.1 Å². The molecule has 2 atom stereocenters. The number of nitrogens with zero attached hydrogens (tertiary/aromatic N) is 1. The van der Waals surface area contributed by atoms with Crippen LogP contribution in [0.5, 0.6) is 5.75 Å². The quantitative estimate of drug-likeness (QED) is 0.206.